The average Bonchev–Trinajstić information content (AvgIpc) is 2.79. The molecule has 3 heterocycles. The van der Waals surface area contributed by atoms with E-state index in [0.29, 0.717) is 30.2 Å². The standard InChI is InChI=1S/C24H26N6O3/c1-15-12-18(16(2)26-20-7-5-4-6-17(20)24(32)33)22-27-21(29-10-8-28(3)9-11-29)19(13-25)23(31)30(22)14-15/h4-7,12,14,16,26H,8-11H2,1-3H3,(H,32,33)/t16-/m1/s1. The van der Waals surface area contributed by atoms with Crippen molar-refractivity contribution in [1.29, 1.82) is 5.26 Å². The fraction of sp³-hybridized carbons (Fsp3) is 0.333. The van der Waals surface area contributed by atoms with Crippen molar-refractivity contribution in [1.82, 2.24) is 14.3 Å². The zero-order valence-corrected chi connectivity index (χ0v) is 18.9. The minimum absolute atomic E-state index is 0.0328. The number of nitrogens with zero attached hydrogens (tertiary/aromatic N) is 5. The van der Waals surface area contributed by atoms with E-state index >= 15 is 0 Å². The molecule has 4 rings (SSSR count). The summed E-state index contributed by atoms with van der Waals surface area (Å²) in [6, 6.07) is 10.3. The summed E-state index contributed by atoms with van der Waals surface area (Å²) in [5, 5.41) is 22.5. The first-order valence-electron chi connectivity index (χ1n) is 10.8. The molecule has 2 N–H and O–H groups in total. The molecule has 9 nitrogen and oxygen atoms in total. The predicted octanol–water partition coefficient (Wildman–Crippen LogP) is 2.50. The molecule has 1 saturated heterocycles. The Balaban J connectivity index is 1.84. The van der Waals surface area contributed by atoms with Gasteiger partial charge in [0.1, 0.15) is 11.7 Å². The lowest BCUT2D eigenvalue weighted by Gasteiger charge is -2.33. The molecule has 1 aromatic carbocycles. The summed E-state index contributed by atoms with van der Waals surface area (Å²) >= 11 is 0. The fourth-order valence-corrected chi connectivity index (χ4v) is 4.17. The number of nitrogens with one attached hydrogen (secondary N) is 1. The Kier molecular flexibility index (Phi) is 6.03. The van der Waals surface area contributed by atoms with Crippen molar-refractivity contribution >= 4 is 23.1 Å². The Morgan fingerprint density at radius 2 is 1.94 bits per heavy atom. The summed E-state index contributed by atoms with van der Waals surface area (Å²) < 4.78 is 1.42. The number of benzene rings is 1. The minimum Gasteiger partial charge on any atom is -0.478 e. The van der Waals surface area contributed by atoms with Crippen LogP contribution < -0.4 is 15.8 Å². The van der Waals surface area contributed by atoms with Crippen LogP contribution in [0, 0.1) is 18.3 Å². The van der Waals surface area contributed by atoms with Gasteiger partial charge in [-0.2, -0.15) is 5.26 Å². The zero-order chi connectivity index (χ0) is 23.7. The molecule has 3 aromatic rings. The highest BCUT2D eigenvalue weighted by atomic mass is 16.4. The molecule has 2 aromatic heterocycles. The second-order valence-electron chi connectivity index (χ2n) is 8.40. The third-order valence-electron chi connectivity index (χ3n) is 5.98. The Morgan fingerprint density at radius 1 is 1.24 bits per heavy atom. The molecule has 0 radical (unpaired) electrons. The third kappa shape index (κ3) is 4.25. The third-order valence-corrected chi connectivity index (χ3v) is 5.98. The van der Waals surface area contributed by atoms with Crippen LogP contribution in [0.4, 0.5) is 11.5 Å². The van der Waals surface area contributed by atoms with E-state index in [1.54, 1.807) is 30.5 Å². The molecule has 0 amide bonds. The highest BCUT2D eigenvalue weighted by Crippen LogP contribution is 2.27. The smallest absolute Gasteiger partial charge is 0.337 e. The van der Waals surface area contributed by atoms with Crippen LogP contribution in [0.2, 0.25) is 0 Å². The van der Waals surface area contributed by atoms with Crippen molar-refractivity contribution in [3.05, 3.63) is 69.1 Å². The van der Waals surface area contributed by atoms with Crippen LogP contribution in [-0.2, 0) is 0 Å². The number of hydrogen-bond donors (Lipinski definition) is 2. The molecule has 1 fully saturated rings. The summed E-state index contributed by atoms with van der Waals surface area (Å²) in [5.41, 5.74) is 2.30. The molecule has 1 atom stereocenters. The number of piperazine rings is 1. The maximum absolute atomic E-state index is 13.3. The number of carboxylic acid groups (broad SMARTS) is 1. The molecule has 1 aliphatic heterocycles. The largest absolute Gasteiger partial charge is 0.478 e. The molecule has 0 bridgehead atoms. The van der Waals surface area contributed by atoms with Gasteiger partial charge in [0.05, 0.1) is 11.6 Å². The molecular formula is C24H26N6O3. The Bertz CT molecular complexity index is 1320. The highest BCUT2D eigenvalue weighted by molar-refractivity contribution is 5.94. The number of nitriles is 1. The van der Waals surface area contributed by atoms with E-state index in [4.69, 9.17) is 4.98 Å². The maximum Gasteiger partial charge on any atom is 0.337 e. The van der Waals surface area contributed by atoms with Gasteiger partial charge in [-0.05, 0) is 44.7 Å². The number of hydrogen-bond acceptors (Lipinski definition) is 7. The van der Waals surface area contributed by atoms with Crippen molar-refractivity contribution < 1.29 is 9.90 Å². The fourth-order valence-electron chi connectivity index (χ4n) is 4.17. The Labute approximate surface area is 191 Å². The first-order chi connectivity index (χ1) is 15.8. The monoisotopic (exact) mass is 446 g/mol. The Morgan fingerprint density at radius 3 is 2.61 bits per heavy atom. The van der Waals surface area contributed by atoms with Gasteiger partial charge in [0.25, 0.3) is 5.56 Å². The van der Waals surface area contributed by atoms with E-state index in [0.717, 1.165) is 24.2 Å². The summed E-state index contributed by atoms with van der Waals surface area (Å²) in [5.74, 6) is -0.622. The van der Waals surface area contributed by atoms with Gasteiger partial charge in [-0.25, -0.2) is 9.78 Å². The number of carboxylic acids is 1. The van der Waals surface area contributed by atoms with Crippen LogP contribution in [0.3, 0.4) is 0 Å². The quantitative estimate of drug-likeness (QED) is 0.615. The summed E-state index contributed by atoms with van der Waals surface area (Å²) in [6.45, 7) is 6.75. The van der Waals surface area contributed by atoms with Crippen molar-refractivity contribution in [2.24, 2.45) is 0 Å². The van der Waals surface area contributed by atoms with Gasteiger partial charge in [0.2, 0.25) is 0 Å². The van der Waals surface area contributed by atoms with E-state index in [1.807, 2.05) is 31.9 Å². The first-order valence-corrected chi connectivity index (χ1v) is 10.8. The normalized spacial score (nSPS) is 15.3. The number of pyridine rings is 1. The van der Waals surface area contributed by atoms with Crippen molar-refractivity contribution in [2.45, 2.75) is 19.9 Å². The lowest BCUT2D eigenvalue weighted by Crippen LogP contribution is -2.45. The number of aromatic carboxylic acids is 1. The number of para-hydroxylation sites is 1. The molecule has 9 heteroatoms. The van der Waals surface area contributed by atoms with E-state index in [-0.39, 0.29) is 17.2 Å². The van der Waals surface area contributed by atoms with Crippen molar-refractivity contribution in [2.75, 3.05) is 43.4 Å². The number of carbonyl (C=O) groups is 1. The summed E-state index contributed by atoms with van der Waals surface area (Å²) in [4.78, 5) is 33.9. The van der Waals surface area contributed by atoms with Crippen LogP contribution in [0.1, 0.15) is 40.0 Å². The van der Waals surface area contributed by atoms with Gasteiger partial charge < -0.3 is 20.2 Å². The number of rotatable bonds is 5. The van der Waals surface area contributed by atoms with Gasteiger partial charge in [-0.1, -0.05) is 12.1 Å². The SMILES string of the molecule is Cc1cc([C@@H](C)Nc2ccccc2C(=O)O)c2nc(N3CCN(C)CC3)c(C#N)c(=O)n2c1. The topological polar surface area (TPSA) is 114 Å². The van der Waals surface area contributed by atoms with Crippen LogP contribution in [0.5, 0.6) is 0 Å². The predicted molar refractivity (Wildman–Crippen MR) is 126 cm³/mol. The molecule has 0 aliphatic carbocycles. The number of aryl methyl sites for hydroxylation is 1. The van der Waals surface area contributed by atoms with E-state index in [9.17, 15) is 20.0 Å². The molecule has 0 saturated carbocycles. The molecule has 1 aliphatic rings. The van der Waals surface area contributed by atoms with Gasteiger partial charge in [0.15, 0.2) is 11.4 Å². The number of anilines is 2. The van der Waals surface area contributed by atoms with Crippen LogP contribution in [-0.4, -0.2) is 58.6 Å². The zero-order valence-electron chi connectivity index (χ0n) is 18.9. The second kappa shape index (κ2) is 8.92. The molecule has 0 unspecified atom stereocenters. The lowest BCUT2D eigenvalue weighted by atomic mass is 10.1. The number of fused-ring (bicyclic) bond motifs is 1. The van der Waals surface area contributed by atoms with Crippen LogP contribution >= 0.6 is 0 Å². The van der Waals surface area contributed by atoms with Gasteiger partial charge >= 0.3 is 5.97 Å². The lowest BCUT2D eigenvalue weighted by molar-refractivity contribution is 0.0698. The van der Waals surface area contributed by atoms with Gasteiger partial charge in [-0.3, -0.25) is 9.20 Å². The van der Waals surface area contributed by atoms with E-state index in [2.05, 4.69) is 16.3 Å². The first kappa shape index (κ1) is 22.3. The molecular weight excluding hydrogens is 420 g/mol. The average molecular weight is 447 g/mol. The van der Waals surface area contributed by atoms with Crippen molar-refractivity contribution in [3.63, 3.8) is 0 Å². The van der Waals surface area contributed by atoms with Gasteiger partial charge in [0, 0.05) is 43.6 Å². The highest BCUT2D eigenvalue weighted by Gasteiger charge is 2.24. The van der Waals surface area contributed by atoms with Gasteiger partial charge in [-0.15, -0.1) is 0 Å². The Hall–Kier alpha value is -3.90. The second-order valence-corrected chi connectivity index (χ2v) is 8.40. The number of aromatic nitrogens is 2. The van der Waals surface area contributed by atoms with E-state index in [1.165, 1.54) is 4.40 Å². The molecule has 33 heavy (non-hydrogen) atoms. The van der Waals surface area contributed by atoms with Crippen LogP contribution in [0.15, 0.2) is 41.3 Å². The minimum atomic E-state index is -1.02. The molecule has 0 spiro atoms. The van der Waals surface area contributed by atoms with Crippen LogP contribution in [0.25, 0.3) is 5.65 Å². The van der Waals surface area contributed by atoms with E-state index < -0.39 is 11.5 Å². The van der Waals surface area contributed by atoms with Crippen molar-refractivity contribution in [3.8, 4) is 6.07 Å². The summed E-state index contributed by atoms with van der Waals surface area (Å²) in [7, 11) is 2.04. The maximum atomic E-state index is 13.3. The summed E-state index contributed by atoms with van der Waals surface area (Å²) in [6.07, 6.45) is 1.68. The number of likely N-dealkylation sites (N-methyl/N-ethyl adjacent to an activating group) is 1. The molecule has 170 valence electrons.